The van der Waals surface area contributed by atoms with Crippen LogP contribution in [0.1, 0.15) is 5.56 Å². The average Bonchev–Trinajstić information content (AvgIpc) is 2.25. The molecule has 1 aromatic rings. The molecular weight excluding hydrogens is 186 g/mol. The van der Waals surface area contributed by atoms with Gasteiger partial charge in [0.05, 0.1) is 0 Å². The summed E-state index contributed by atoms with van der Waals surface area (Å²) in [6.07, 6.45) is 6.80. The maximum absolute atomic E-state index is 11.2. The minimum absolute atomic E-state index is 0.435. The second-order valence-corrected chi connectivity index (χ2v) is 2.93. The van der Waals surface area contributed by atoms with E-state index in [0.29, 0.717) is 5.57 Å². The Bertz CT molecular complexity index is 402. The van der Waals surface area contributed by atoms with Crippen LogP contribution in [0.25, 0.3) is 5.57 Å². The molecular formula is C13H13NO. The van der Waals surface area contributed by atoms with Gasteiger partial charge in [0.25, 0.3) is 0 Å². The number of hydrogen-bond donors (Lipinski definition) is 1. The second kappa shape index (κ2) is 5.60. The first-order valence-electron chi connectivity index (χ1n) is 4.60. The van der Waals surface area contributed by atoms with Crippen LogP contribution in [-0.4, -0.2) is 5.91 Å². The van der Waals surface area contributed by atoms with Crippen LogP contribution in [0.4, 0.5) is 0 Å². The highest BCUT2D eigenvalue weighted by molar-refractivity contribution is 6.19. The lowest BCUT2D eigenvalue weighted by Crippen LogP contribution is -2.12. The lowest BCUT2D eigenvalue weighted by Gasteiger charge is -2.01. The normalized spacial score (nSPS) is 11.6. The number of amides is 1. The van der Waals surface area contributed by atoms with Crippen LogP contribution < -0.4 is 5.73 Å². The van der Waals surface area contributed by atoms with Crippen LogP contribution in [0.15, 0.2) is 61.2 Å². The lowest BCUT2D eigenvalue weighted by atomic mass is 10.1. The second-order valence-electron chi connectivity index (χ2n) is 2.93. The molecule has 0 atom stereocenters. The first-order valence-corrected chi connectivity index (χ1v) is 4.60. The molecule has 1 aromatic carbocycles. The van der Waals surface area contributed by atoms with Gasteiger partial charge in [0, 0.05) is 5.57 Å². The molecule has 1 rings (SSSR count). The largest absolute Gasteiger partial charge is 0.366 e. The van der Waals surface area contributed by atoms with E-state index in [-0.39, 0.29) is 0 Å². The Labute approximate surface area is 89.4 Å². The average molecular weight is 199 g/mol. The lowest BCUT2D eigenvalue weighted by molar-refractivity contribution is -0.112. The Hall–Kier alpha value is -2.09. The van der Waals surface area contributed by atoms with Crippen LogP contribution in [0.3, 0.4) is 0 Å². The van der Waals surface area contributed by atoms with E-state index >= 15 is 0 Å². The van der Waals surface area contributed by atoms with Gasteiger partial charge in [-0.1, -0.05) is 55.1 Å². The Morgan fingerprint density at radius 2 is 1.87 bits per heavy atom. The fraction of sp³-hybridized carbons (Fsp3) is 0. The summed E-state index contributed by atoms with van der Waals surface area (Å²) in [5, 5.41) is 0. The Balaban J connectivity index is 3.04. The van der Waals surface area contributed by atoms with E-state index in [1.165, 1.54) is 0 Å². The maximum Gasteiger partial charge on any atom is 0.249 e. The van der Waals surface area contributed by atoms with Gasteiger partial charge in [0.2, 0.25) is 5.91 Å². The van der Waals surface area contributed by atoms with E-state index in [1.54, 1.807) is 24.3 Å². The molecule has 2 heteroatoms. The molecule has 0 aromatic heterocycles. The Kier molecular flexibility index (Phi) is 4.10. The first-order chi connectivity index (χ1) is 7.25. The van der Waals surface area contributed by atoms with Crippen molar-refractivity contribution < 1.29 is 4.79 Å². The predicted molar refractivity (Wildman–Crippen MR) is 63.0 cm³/mol. The van der Waals surface area contributed by atoms with Gasteiger partial charge in [-0.2, -0.15) is 0 Å². The third-order valence-corrected chi connectivity index (χ3v) is 1.86. The number of rotatable bonds is 4. The molecule has 2 N–H and O–H groups in total. The fourth-order valence-corrected chi connectivity index (χ4v) is 1.17. The number of nitrogens with two attached hydrogens (primary N) is 1. The number of carbonyl (C=O) groups excluding carboxylic acids is 1. The van der Waals surface area contributed by atoms with Crippen molar-refractivity contribution in [3.05, 3.63) is 66.8 Å². The molecule has 0 spiro atoms. The van der Waals surface area contributed by atoms with Gasteiger partial charge in [-0.05, 0) is 11.6 Å². The molecule has 2 nitrogen and oxygen atoms in total. The number of primary amides is 1. The van der Waals surface area contributed by atoms with Crippen molar-refractivity contribution in [2.45, 2.75) is 0 Å². The van der Waals surface area contributed by atoms with Crippen molar-refractivity contribution in [2.24, 2.45) is 5.73 Å². The van der Waals surface area contributed by atoms with E-state index in [2.05, 4.69) is 6.58 Å². The molecule has 0 saturated heterocycles. The topological polar surface area (TPSA) is 43.1 Å². The van der Waals surface area contributed by atoms with Crippen LogP contribution >= 0.6 is 0 Å². The monoisotopic (exact) mass is 199 g/mol. The van der Waals surface area contributed by atoms with Crippen molar-refractivity contribution in [1.82, 2.24) is 0 Å². The van der Waals surface area contributed by atoms with Gasteiger partial charge in [-0.25, -0.2) is 0 Å². The molecule has 0 heterocycles. The summed E-state index contributed by atoms with van der Waals surface area (Å²) in [5.74, 6) is -0.435. The van der Waals surface area contributed by atoms with Crippen molar-refractivity contribution in [3.63, 3.8) is 0 Å². The van der Waals surface area contributed by atoms with Gasteiger partial charge in [0.15, 0.2) is 0 Å². The number of carbonyl (C=O) groups is 1. The van der Waals surface area contributed by atoms with E-state index < -0.39 is 5.91 Å². The summed E-state index contributed by atoms with van der Waals surface area (Å²) in [6, 6.07) is 9.31. The molecule has 1 amide bonds. The van der Waals surface area contributed by atoms with E-state index in [0.717, 1.165) is 5.56 Å². The fourth-order valence-electron chi connectivity index (χ4n) is 1.17. The predicted octanol–water partition coefficient (Wildman–Crippen LogP) is 2.30. The van der Waals surface area contributed by atoms with E-state index in [1.807, 2.05) is 30.3 Å². The third kappa shape index (κ3) is 3.27. The minimum atomic E-state index is -0.435. The Morgan fingerprint density at radius 1 is 1.20 bits per heavy atom. The summed E-state index contributed by atoms with van der Waals surface area (Å²) in [7, 11) is 0. The summed E-state index contributed by atoms with van der Waals surface area (Å²) >= 11 is 0. The van der Waals surface area contributed by atoms with E-state index in [4.69, 9.17) is 5.73 Å². The SMILES string of the molecule is C=CC=CC=C(C(N)=O)c1ccccc1. The quantitative estimate of drug-likeness (QED) is 0.586. The molecule has 0 radical (unpaired) electrons. The zero-order chi connectivity index (χ0) is 11.1. The molecule has 76 valence electrons. The van der Waals surface area contributed by atoms with Crippen molar-refractivity contribution >= 4 is 11.5 Å². The Morgan fingerprint density at radius 3 is 2.40 bits per heavy atom. The molecule has 0 aliphatic heterocycles. The van der Waals surface area contributed by atoms with Crippen LogP contribution in [-0.2, 0) is 4.79 Å². The smallest absolute Gasteiger partial charge is 0.249 e. The molecule has 0 bridgehead atoms. The molecule has 0 unspecified atom stereocenters. The van der Waals surface area contributed by atoms with Crippen molar-refractivity contribution in [2.75, 3.05) is 0 Å². The number of hydrogen-bond acceptors (Lipinski definition) is 1. The van der Waals surface area contributed by atoms with Gasteiger partial charge in [-0.3, -0.25) is 4.79 Å². The molecule has 0 aliphatic rings. The van der Waals surface area contributed by atoms with Crippen molar-refractivity contribution in [1.29, 1.82) is 0 Å². The molecule has 0 fully saturated rings. The zero-order valence-corrected chi connectivity index (χ0v) is 8.39. The third-order valence-electron chi connectivity index (χ3n) is 1.86. The summed E-state index contributed by atoms with van der Waals surface area (Å²) in [5.41, 5.74) is 6.60. The van der Waals surface area contributed by atoms with Crippen molar-refractivity contribution in [3.8, 4) is 0 Å². The first kappa shape index (κ1) is 11.0. The molecule has 0 saturated carbocycles. The van der Waals surface area contributed by atoms with Gasteiger partial charge in [-0.15, -0.1) is 0 Å². The van der Waals surface area contributed by atoms with Crippen LogP contribution in [0.5, 0.6) is 0 Å². The summed E-state index contributed by atoms with van der Waals surface area (Å²) < 4.78 is 0. The minimum Gasteiger partial charge on any atom is -0.366 e. The number of allylic oxidation sites excluding steroid dienone is 4. The van der Waals surface area contributed by atoms with Crippen LogP contribution in [0, 0.1) is 0 Å². The van der Waals surface area contributed by atoms with Gasteiger partial charge in [0.1, 0.15) is 0 Å². The standard InChI is InChI=1S/C13H13NO/c1-2-3-5-10-12(13(14)15)11-8-6-4-7-9-11/h2-10H,1H2,(H2,14,15). The number of benzene rings is 1. The van der Waals surface area contributed by atoms with Gasteiger partial charge >= 0.3 is 0 Å². The molecule has 0 aliphatic carbocycles. The van der Waals surface area contributed by atoms with Crippen LogP contribution in [0.2, 0.25) is 0 Å². The van der Waals surface area contributed by atoms with Gasteiger partial charge < -0.3 is 5.73 Å². The zero-order valence-electron chi connectivity index (χ0n) is 8.39. The molecule has 15 heavy (non-hydrogen) atoms. The summed E-state index contributed by atoms with van der Waals surface area (Å²) in [6.45, 7) is 3.54. The highest BCUT2D eigenvalue weighted by Gasteiger charge is 2.05. The highest BCUT2D eigenvalue weighted by atomic mass is 16.1. The van der Waals surface area contributed by atoms with E-state index in [9.17, 15) is 4.79 Å². The maximum atomic E-state index is 11.2. The highest BCUT2D eigenvalue weighted by Crippen LogP contribution is 2.13. The summed E-state index contributed by atoms with van der Waals surface area (Å²) in [4.78, 5) is 11.2.